The average molecular weight is 195 g/mol. The van der Waals surface area contributed by atoms with E-state index >= 15 is 0 Å². The van der Waals surface area contributed by atoms with Crippen molar-refractivity contribution in [2.75, 3.05) is 7.11 Å². The molecule has 1 heterocycles. The summed E-state index contributed by atoms with van der Waals surface area (Å²) in [6.07, 6.45) is 1.64. The first-order valence-corrected chi connectivity index (χ1v) is 4.33. The van der Waals surface area contributed by atoms with E-state index in [1.165, 1.54) is 17.7 Å². The molecule has 0 bridgehead atoms. The van der Waals surface area contributed by atoms with Crippen LogP contribution in [0.25, 0.3) is 0 Å². The van der Waals surface area contributed by atoms with Crippen LogP contribution < -0.4 is 5.56 Å². The molecule has 0 aliphatic rings. The van der Waals surface area contributed by atoms with Gasteiger partial charge in [0.1, 0.15) is 6.04 Å². The Morgan fingerprint density at radius 2 is 2.14 bits per heavy atom. The minimum absolute atomic E-state index is 0.200. The van der Waals surface area contributed by atoms with Gasteiger partial charge in [0.25, 0.3) is 5.56 Å². The van der Waals surface area contributed by atoms with Gasteiger partial charge in [-0.15, -0.1) is 0 Å². The Kier molecular flexibility index (Phi) is 3.06. The lowest BCUT2D eigenvalue weighted by molar-refractivity contribution is -0.144. The first-order valence-electron chi connectivity index (χ1n) is 4.33. The summed E-state index contributed by atoms with van der Waals surface area (Å²) < 4.78 is 5.92. The topological polar surface area (TPSA) is 48.3 Å². The largest absolute Gasteiger partial charge is 0.467 e. The van der Waals surface area contributed by atoms with Crippen molar-refractivity contribution in [2.45, 2.75) is 19.9 Å². The molecule has 0 N–H and O–H groups in total. The second kappa shape index (κ2) is 4.09. The molecule has 1 aromatic rings. The fourth-order valence-electron chi connectivity index (χ4n) is 1.20. The van der Waals surface area contributed by atoms with Crippen molar-refractivity contribution >= 4 is 5.97 Å². The van der Waals surface area contributed by atoms with Gasteiger partial charge in [-0.05, 0) is 19.4 Å². The molecule has 0 saturated heterocycles. The van der Waals surface area contributed by atoms with E-state index in [2.05, 4.69) is 4.74 Å². The molecule has 0 radical (unpaired) electrons. The maximum Gasteiger partial charge on any atom is 0.328 e. The highest BCUT2D eigenvalue weighted by atomic mass is 16.5. The van der Waals surface area contributed by atoms with Gasteiger partial charge >= 0.3 is 5.97 Å². The normalized spacial score (nSPS) is 12.2. The molecule has 1 aromatic heterocycles. The third-order valence-corrected chi connectivity index (χ3v) is 2.05. The van der Waals surface area contributed by atoms with Crippen LogP contribution in [0.15, 0.2) is 23.1 Å². The Bertz CT molecular complexity index is 395. The first-order chi connectivity index (χ1) is 6.56. The number of carbonyl (C=O) groups excluding carboxylic acids is 1. The number of aryl methyl sites for hydroxylation is 1. The number of methoxy groups -OCH3 is 1. The Balaban J connectivity index is 3.12. The average Bonchev–Trinajstić information content (AvgIpc) is 2.19. The zero-order valence-electron chi connectivity index (χ0n) is 8.48. The van der Waals surface area contributed by atoms with E-state index in [0.29, 0.717) is 0 Å². The molecule has 0 spiro atoms. The van der Waals surface area contributed by atoms with Crippen molar-refractivity contribution in [3.05, 3.63) is 34.2 Å². The van der Waals surface area contributed by atoms with E-state index in [4.69, 9.17) is 0 Å². The molecule has 4 heteroatoms. The maximum atomic E-state index is 11.4. The van der Waals surface area contributed by atoms with Gasteiger partial charge in [-0.25, -0.2) is 4.79 Å². The fourth-order valence-corrected chi connectivity index (χ4v) is 1.20. The first kappa shape index (κ1) is 10.5. The van der Waals surface area contributed by atoms with Crippen LogP contribution in [-0.4, -0.2) is 17.6 Å². The van der Waals surface area contributed by atoms with Crippen LogP contribution in [0.3, 0.4) is 0 Å². The van der Waals surface area contributed by atoms with Crippen LogP contribution in [0.4, 0.5) is 0 Å². The van der Waals surface area contributed by atoms with Crippen molar-refractivity contribution in [1.29, 1.82) is 0 Å². The summed E-state index contributed by atoms with van der Waals surface area (Å²) >= 11 is 0. The number of hydrogen-bond donors (Lipinski definition) is 0. The number of hydrogen-bond acceptors (Lipinski definition) is 3. The van der Waals surface area contributed by atoms with Crippen LogP contribution in [-0.2, 0) is 9.53 Å². The standard InChI is InChI=1S/C10H13NO3/c1-7-4-5-9(12)11(6-7)8(2)10(13)14-3/h4-6,8H,1-3H3. The third kappa shape index (κ3) is 2.02. The molecule has 1 atom stereocenters. The Labute approximate surface area is 82.1 Å². The van der Waals surface area contributed by atoms with Crippen molar-refractivity contribution in [1.82, 2.24) is 4.57 Å². The maximum absolute atomic E-state index is 11.4. The number of aromatic nitrogens is 1. The van der Waals surface area contributed by atoms with Gasteiger partial charge in [-0.2, -0.15) is 0 Å². The quantitative estimate of drug-likeness (QED) is 0.658. The third-order valence-electron chi connectivity index (χ3n) is 2.05. The van der Waals surface area contributed by atoms with E-state index in [1.54, 1.807) is 19.2 Å². The highest BCUT2D eigenvalue weighted by Gasteiger charge is 2.15. The van der Waals surface area contributed by atoms with E-state index in [-0.39, 0.29) is 5.56 Å². The molecule has 1 unspecified atom stereocenters. The van der Waals surface area contributed by atoms with Gasteiger partial charge in [0.2, 0.25) is 0 Å². The fraction of sp³-hybridized carbons (Fsp3) is 0.400. The highest BCUT2D eigenvalue weighted by Crippen LogP contribution is 2.05. The second-order valence-corrected chi connectivity index (χ2v) is 3.15. The van der Waals surface area contributed by atoms with E-state index in [1.807, 2.05) is 6.92 Å². The van der Waals surface area contributed by atoms with Crippen LogP contribution >= 0.6 is 0 Å². The van der Waals surface area contributed by atoms with E-state index < -0.39 is 12.0 Å². The smallest absolute Gasteiger partial charge is 0.328 e. The van der Waals surface area contributed by atoms with Gasteiger partial charge in [0, 0.05) is 12.3 Å². The van der Waals surface area contributed by atoms with Crippen molar-refractivity contribution in [3.8, 4) is 0 Å². The monoisotopic (exact) mass is 195 g/mol. The summed E-state index contributed by atoms with van der Waals surface area (Å²) in [5.41, 5.74) is 0.730. The number of esters is 1. The van der Waals surface area contributed by atoms with Crippen molar-refractivity contribution < 1.29 is 9.53 Å². The molecule has 0 fully saturated rings. The molecule has 1 rings (SSSR count). The molecule has 4 nitrogen and oxygen atoms in total. The molecule has 76 valence electrons. The molecular weight excluding hydrogens is 182 g/mol. The minimum Gasteiger partial charge on any atom is -0.467 e. The van der Waals surface area contributed by atoms with Gasteiger partial charge in [0.15, 0.2) is 0 Å². The Morgan fingerprint density at radius 3 is 2.71 bits per heavy atom. The van der Waals surface area contributed by atoms with Crippen molar-refractivity contribution in [2.24, 2.45) is 0 Å². The Morgan fingerprint density at radius 1 is 1.50 bits per heavy atom. The van der Waals surface area contributed by atoms with E-state index in [0.717, 1.165) is 5.56 Å². The highest BCUT2D eigenvalue weighted by molar-refractivity contribution is 5.73. The molecule has 14 heavy (non-hydrogen) atoms. The molecular formula is C10H13NO3. The summed E-state index contributed by atoms with van der Waals surface area (Å²) in [5, 5.41) is 0. The predicted octanol–water partition coefficient (Wildman–Crippen LogP) is 0.891. The zero-order valence-corrected chi connectivity index (χ0v) is 8.48. The molecule has 0 aromatic carbocycles. The lowest BCUT2D eigenvalue weighted by Gasteiger charge is -2.12. The SMILES string of the molecule is COC(=O)C(C)n1cc(C)ccc1=O. The lowest BCUT2D eigenvalue weighted by atomic mass is 10.2. The zero-order chi connectivity index (χ0) is 10.7. The van der Waals surface area contributed by atoms with Crippen LogP contribution in [0.5, 0.6) is 0 Å². The minimum atomic E-state index is -0.576. The number of pyridine rings is 1. The van der Waals surface area contributed by atoms with E-state index in [9.17, 15) is 9.59 Å². The molecule has 0 aliphatic carbocycles. The summed E-state index contributed by atoms with van der Waals surface area (Å²) in [5.74, 6) is -0.419. The number of ether oxygens (including phenoxy) is 1. The number of rotatable bonds is 2. The van der Waals surface area contributed by atoms with Gasteiger partial charge in [-0.1, -0.05) is 6.07 Å². The Hall–Kier alpha value is -1.58. The van der Waals surface area contributed by atoms with Gasteiger partial charge < -0.3 is 9.30 Å². The molecule has 0 amide bonds. The van der Waals surface area contributed by atoms with Gasteiger partial charge in [-0.3, -0.25) is 4.79 Å². The number of nitrogens with zero attached hydrogens (tertiary/aromatic N) is 1. The molecule has 0 saturated carbocycles. The number of carbonyl (C=O) groups is 1. The van der Waals surface area contributed by atoms with Crippen LogP contribution in [0.2, 0.25) is 0 Å². The summed E-state index contributed by atoms with van der Waals surface area (Å²) in [4.78, 5) is 22.6. The second-order valence-electron chi connectivity index (χ2n) is 3.15. The van der Waals surface area contributed by atoms with Crippen LogP contribution in [0, 0.1) is 6.92 Å². The lowest BCUT2D eigenvalue weighted by Crippen LogP contribution is -2.28. The predicted molar refractivity (Wildman–Crippen MR) is 52.2 cm³/mol. The van der Waals surface area contributed by atoms with Crippen LogP contribution in [0.1, 0.15) is 18.5 Å². The molecule has 0 aliphatic heterocycles. The van der Waals surface area contributed by atoms with Gasteiger partial charge in [0.05, 0.1) is 7.11 Å². The summed E-state index contributed by atoms with van der Waals surface area (Å²) in [6.45, 7) is 3.49. The summed E-state index contributed by atoms with van der Waals surface area (Å²) in [7, 11) is 1.31. The van der Waals surface area contributed by atoms with Crippen molar-refractivity contribution in [3.63, 3.8) is 0 Å². The summed E-state index contributed by atoms with van der Waals surface area (Å²) in [6, 6.07) is 2.57.